The smallest absolute Gasteiger partial charge is 0.122 e. The summed E-state index contributed by atoms with van der Waals surface area (Å²) in [4.78, 5) is 0. The molecule has 1 aromatic rings. The predicted octanol–water partition coefficient (Wildman–Crippen LogP) is 2.71. The molecule has 0 amide bonds. The Morgan fingerprint density at radius 2 is 1.88 bits per heavy atom. The van der Waals surface area contributed by atoms with Crippen LogP contribution in [-0.4, -0.2) is 26.3 Å². The lowest BCUT2D eigenvalue weighted by Gasteiger charge is -2.14. The second kappa shape index (κ2) is 7.96. The monoisotopic (exact) mass is 237 g/mol. The molecule has 0 aromatic heterocycles. The van der Waals surface area contributed by atoms with Crippen LogP contribution in [-0.2, 0) is 0 Å². The number of rotatable bonds is 8. The zero-order valence-electron chi connectivity index (χ0n) is 11.0. The summed E-state index contributed by atoms with van der Waals surface area (Å²) < 4.78 is 11.2. The fourth-order valence-corrected chi connectivity index (χ4v) is 1.51. The first-order chi connectivity index (χ1) is 8.26. The van der Waals surface area contributed by atoms with Crippen molar-refractivity contribution in [3.63, 3.8) is 0 Å². The number of benzene rings is 1. The Labute approximate surface area is 104 Å². The molecule has 0 bridgehead atoms. The molecule has 3 nitrogen and oxygen atoms in total. The number of nitrogens with one attached hydrogen (secondary N) is 1. The van der Waals surface area contributed by atoms with Crippen LogP contribution in [0.2, 0.25) is 0 Å². The van der Waals surface area contributed by atoms with Crippen LogP contribution in [0.1, 0.15) is 20.8 Å². The van der Waals surface area contributed by atoms with E-state index < -0.39 is 0 Å². The molecule has 1 aromatic carbocycles. The van der Waals surface area contributed by atoms with Gasteiger partial charge in [0.1, 0.15) is 11.5 Å². The average Bonchev–Trinajstić information content (AvgIpc) is 2.35. The normalized spacial score (nSPS) is 12.2. The lowest BCUT2D eigenvalue weighted by Crippen LogP contribution is -2.24. The van der Waals surface area contributed by atoms with Crippen LogP contribution in [0.25, 0.3) is 0 Å². The van der Waals surface area contributed by atoms with Crippen molar-refractivity contribution in [2.45, 2.75) is 20.8 Å². The van der Waals surface area contributed by atoms with Crippen LogP contribution in [0, 0.1) is 5.92 Å². The van der Waals surface area contributed by atoms with E-state index in [0.717, 1.165) is 31.2 Å². The average molecular weight is 237 g/mol. The summed E-state index contributed by atoms with van der Waals surface area (Å²) in [5.74, 6) is 2.24. The third kappa shape index (κ3) is 5.59. The van der Waals surface area contributed by atoms with E-state index in [4.69, 9.17) is 9.47 Å². The second-order valence-corrected chi connectivity index (χ2v) is 4.13. The van der Waals surface area contributed by atoms with Crippen LogP contribution >= 0.6 is 0 Å². The molecule has 1 rings (SSSR count). The van der Waals surface area contributed by atoms with Gasteiger partial charge in [-0.05, 0) is 25.6 Å². The van der Waals surface area contributed by atoms with Gasteiger partial charge in [-0.25, -0.2) is 0 Å². The van der Waals surface area contributed by atoms with Crippen LogP contribution < -0.4 is 14.8 Å². The Bertz CT molecular complexity index is 315. The van der Waals surface area contributed by atoms with E-state index in [9.17, 15) is 0 Å². The van der Waals surface area contributed by atoms with Crippen LogP contribution in [0.15, 0.2) is 24.3 Å². The van der Waals surface area contributed by atoms with Crippen molar-refractivity contribution in [2.24, 2.45) is 5.92 Å². The Kier molecular flexibility index (Phi) is 6.48. The molecule has 0 aliphatic heterocycles. The quantitative estimate of drug-likeness (QED) is 0.754. The summed E-state index contributed by atoms with van der Waals surface area (Å²) >= 11 is 0. The maximum absolute atomic E-state index is 5.73. The van der Waals surface area contributed by atoms with Gasteiger partial charge < -0.3 is 14.8 Å². The van der Waals surface area contributed by atoms with Gasteiger partial charge in [0.05, 0.1) is 13.2 Å². The SMILES string of the molecule is CCNCC(C)COc1cccc(OCC)c1. The Hall–Kier alpha value is -1.22. The van der Waals surface area contributed by atoms with E-state index >= 15 is 0 Å². The summed E-state index contributed by atoms with van der Waals surface area (Å²) in [6, 6.07) is 7.79. The first-order valence-electron chi connectivity index (χ1n) is 6.32. The molecule has 0 aliphatic carbocycles. The van der Waals surface area contributed by atoms with Crippen molar-refractivity contribution in [3.8, 4) is 11.5 Å². The van der Waals surface area contributed by atoms with Gasteiger partial charge in [0.25, 0.3) is 0 Å². The molecule has 1 N–H and O–H groups in total. The molecule has 0 saturated carbocycles. The minimum Gasteiger partial charge on any atom is -0.494 e. The molecule has 1 atom stereocenters. The highest BCUT2D eigenvalue weighted by Crippen LogP contribution is 2.19. The highest BCUT2D eigenvalue weighted by Gasteiger charge is 2.03. The zero-order valence-corrected chi connectivity index (χ0v) is 11.0. The number of ether oxygens (including phenoxy) is 2. The van der Waals surface area contributed by atoms with Gasteiger partial charge in [-0.2, -0.15) is 0 Å². The topological polar surface area (TPSA) is 30.5 Å². The minimum absolute atomic E-state index is 0.505. The van der Waals surface area contributed by atoms with E-state index in [2.05, 4.69) is 19.2 Å². The van der Waals surface area contributed by atoms with Crippen molar-refractivity contribution >= 4 is 0 Å². The molecule has 0 fully saturated rings. The summed E-state index contributed by atoms with van der Waals surface area (Å²) in [7, 11) is 0. The van der Waals surface area contributed by atoms with E-state index in [-0.39, 0.29) is 0 Å². The first kappa shape index (κ1) is 13.8. The van der Waals surface area contributed by atoms with E-state index in [1.54, 1.807) is 0 Å². The fourth-order valence-electron chi connectivity index (χ4n) is 1.51. The van der Waals surface area contributed by atoms with Crippen LogP contribution in [0.4, 0.5) is 0 Å². The van der Waals surface area contributed by atoms with E-state index in [1.807, 2.05) is 31.2 Å². The van der Waals surface area contributed by atoms with Gasteiger partial charge in [-0.1, -0.05) is 19.9 Å². The van der Waals surface area contributed by atoms with Gasteiger partial charge in [0.15, 0.2) is 0 Å². The third-order valence-corrected chi connectivity index (χ3v) is 2.39. The molecule has 0 saturated heterocycles. The lowest BCUT2D eigenvalue weighted by atomic mass is 10.2. The molecular formula is C14H23NO2. The van der Waals surface area contributed by atoms with Gasteiger partial charge in [0.2, 0.25) is 0 Å². The summed E-state index contributed by atoms with van der Waals surface area (Å²) in [5.41, 5.74) is 0. The first-order valence-corrected chi connectivity index (χ1v) is 6.32. The van der Waals surface area contributed by atoms with E-state index in [0.29, 0.717) is 12.5 Å². The second-order valence-electron chi connectivity index (χ2n) is 4.13. The predicted molar refractivity (Wildman–Crippen MR) is 70.8 cm³/mol. The van der Waals surface area contributed by atoms with Crippen molar-refractivity contribution in [2.75, 3.05) is 26.3 Å². The standard InChI is InChI=1S/C14H23NO2/c1-4-15-10-12(3)11-17-14-8-6-7-13(9-14)16-5-2/h6-9,12,15H,4-5,10-11H2,1-3H3. The molecule has 96 valence electrons. The highest BCUT2D eigenvalue weighted by atomic mass is 16.5. The Balaban J connectivity index is 2.37. The molecular weight excluding hydrogens is 214 g/mol. The van der Waals surface area contributed by atoms with E-state index in [1.165, 1.54) is 0 Å². The molecule has 0 heterocycles. The third-order valence-electron chi connectivity index (χ3n) is 2.39. The van der Waals surface area contributed by atoms with Gasteiger partial charge >= 0.3 is 0 Å². The van der Waals surface area contributed by atoms with Gasteiger partial charge in [0, 0.05) is 18.5 Å². The molecule has 17 heavy (non-hydrogen) atoms. The summed E-state index contributed by atoms with van der Waals surface area (Å²) in [6.45, 7) is 9.66. The lowest BCUT2D eigenvalue weighted by molar-refractivity contribution is 0.254. The zero-order chi connectivity index (χ0) is 12.5. The van der Waals surface area contributed by atoms with Gasteiger partial charge in [-0.15, -0.1) is 0 Å². The summed E-state index contributed by atoms with van der Waals surface area (Å²) in [6.07, 6.45) is 0. The Morgan fingerprint density at radius 3 is 2.53 bits per heavy atom. The molecule has 3 heteroatoms. The largest absolute Gasteiger partial charge is 0.494 e. The molecule has 0 spiro atoms. The maximum atomic E-state index is 5.73. The van der Waals surface area contributed by atoms with Crippen LogP contribution in [0.3, 0.4) is 0 Å². The van der Waals surface area contributed by atoms with Crippen LogP contribution in [0.5, 0.6) is 11.5 Å². The van der Waals surface area contributed by atoms with Crippen molar-refractivity contribution in [1.82, 2.24) is 5.32 Å². The summed E-state index contributed by atoms with van der Waals surface area (Å²) in [5, 5.41) is 3.31. The number of hydrogen-bond donors (Lipinski definition) is 1. The maximum Gasteiger partial charge on any atom is 0.122 e. The fraction of sp³-hybridized carbons (Fsp3) is 0.571. The molecule has 0 radical (unpaired) electrons. The molecule has 0 aliphatic rings. The van der Waals surface area contributed by atoms with Crippen molar-refractivity contribution < 1.29 is 9.47 Å². The van der Waals surface area contributed by atoms with Crippen molar-refractivity contribution in [1.29, 1.82) is 0 Å². The van der Waals surface area contributed by atoms with Gasteiger partial charge in [-0.3, -0.25) is 0 Å². The number of hydrogen-bond acceptors (Lipinski definition) is 3. The molecule has 1 unspecified atom stereocenters. The minimum atomic E-state index is 0.505. The Morgan fingerprint density at radius 1 is 1.18 bits per heavy atom. The van der Waals surface area contributed by atoms with Crippen molar-refractivity contribution in [3.05, 3.63) is 24.3 Å². The highest BCUT2D eigenvalue weighted by molar-refractivity contribution is 5.32.